The molecule has 7 nitrogen and oxygen atoms in total. The number of fused-ring (bicyclic) bond motifs is 1. The summed E-state index contributed by atoms with van der Waals surface area (Å²) in [6.07, 6.45) is 1.74. The smallest absolute Gasteiger partial charge is 0.339 e. The Morgan fingerprint density at radius 1 is 1.22 bits per heavy atom. The SMILES string of the molecule is COc1ccc(NC(=O)c2cc3ccccn3n2)cc1C(=O)O. The van der Waals surface area contributed by atoms with Crippen molar-refractivity contribution in [3.8, 4) is 5.75 Å². The summed E-state index contributed by atoms with van der Waals surface area (Å²) in [5.74, 6) is -1.33. The molecule has 2 aromatic heterocycles. The first-order valence-corrected chi connectivity index (χ1v) is 6.75. The van der Waals surface area contributed by atoms with Crippen molar-refractivity contribution < 1.29 is 19.4 Å². The van der Waals surface area contributed by atoms with Crippen LogP contribution in [0.5, 0.6) is 5.75 Å². The number of anilines is 1. The van der Waals surface area contributed by atoms with Gasteiger partial charge in [-0.2, -0.15) is 5.10 Å². The van der Waals surface area contributed by atoms with Gasteiger partial charge >= 0.3 is 5.97 Å². The number of rotatable bonds is 4. The highest BCUT2D eigenvalue weighted by Crippen LogP contribution is 2.23. The lowest BCUT2D eigenvalue weighted by Gasteiger charge is -2.08. The molecule has 7 heteroatoms. The molecule has 0 spiro atoms. The van der Waals surface area contributed by atoms with Gasteiger partial charge in [-0.15, -0.1) is 0 Å². The second kappa shape index (κ2) is 5.80. The van der Waals surface area contributed by atoms with Crippen LogP contribution in [-0.4, -0.2) is 33.7 Å². The van der Waals surface area contributed by atoms with E-state index in [1.807, 2.05) is 18.2 Å². The zero-order valence-electron chi connectivity index (χ0n) is 12.2. The Kier molecular flexibility index (Phi) is 3.68. The number of carboxylic acid groups (broad SMARTS) is 1. The molecule has 0 unspecified atom stereocenters. The number of hydrogen-bond donors (Lipinski definition) is 2. The van der Waals surface area contributed by atoms with Crippen molar-refractivity contribution in [3.05, 3.63) is 59.9 Å². The number of benzene rings is 1. The molecule has 2 N–H and O–H groups in total. The molecule has 23 heavy (non-hydrogen) atoms. The minimum Gasteiger partial charge on any atom is -0.496 e. The van der Waals surface area contributed by atoms with Crippen LogP contribution in [0.1, 0.15) is 20.8 Å². The lowest BCUT2D eigenvalue weighted by molar-refractivity contribution is 0.0693. The van der Waals surface area contributed by atoms with Crippen LogP contribution in [0.25, 0.3) is 5.52 Å². The first-order chi connectivity index (χ1) is 11.1. The molecular weight excluding hydrogens is 298 g/mol. The van der Waals surface area contributed by atoms with E-state index in [2.05, 4.69) is 10.4 Å². The van der Waals surface area contributed by atoms with Crippen LogP contribution in [0.4, 0.5) is 5.69 Å². The molecule has 1 aromatic carbocycles. The van der Waals surface area contributed by atoms with Crippen LogP contribution in [0.3, 0.4) is 0 Å². The normalized spacial score (nSPS) is 10.5. The van der Waals surface area contributed by atoms with Gasteiger partial charge in [-0.05, 0) is 36.4 Å². The van der Waals surface area contributed by atoms with Gasteiger partial charge in [-0.3, -0.25) is 4.79 Å². The highest BCUT2D eigenvalue weighted by molar-refractivity contribution is 6.04. The molecule has 0 atom stereocenters. The molecule has 0 bridgehead atoms. The van der Waals surface area contributed by atoms with Crippen LogP contribution in [0, 0.1) is 0 Å². The van der Waals surface area contributed by atoms with Gasteiger partial charge in [-0.1, -0.05) is 6.07 Å². The number of amides is 1. The van der Waals surface area contributed by atoms with Crippen molar-refractivity contribution in [1.82, 2.24) is 9.61 Å². The quantitative estimate of drug-likeness (QED) is 0.771. The fourth-order valence-electron chi connectivity index (χ4n) is 2.20. The number of carboxylic acids is 1. The van der Waals surface area contributed by atoms with Crippen LogP contribution in [0.2, 0.25) is 0 Å². The van der Waals surface area contributed by atoms with Gasteiger partial charge in [-0.25, -0.2) is 9.31 Å². The highest BCUT2D eigenvalue weighted by atomic mass is 16.5. The predicted molar refractivity (Wildman–Crippen MR) is 83.1 cm³/mol. The summed E-state index contributed by atoms with van der Waals surface area (Å²) < 4.78 is 6.57. The molecule has 3 rings (SSSR count). The first-order valence-electron chi connectivity index (χ1n) is 6.75. The summed E-state index contributed by atoms with van der Waals surface area (Å²) in [6.45, 7) is 0. The summed E-state index contributed by atoms with van der Waals surface area (Å²) >= 11 is 0. The lowest BCUT2D eigenvalue weighted by Crippen LogP contribution is -2.13. The van der Waals surface area contributed by atoms with Gasteiger partial charge in [0.1, 0.15) is 11.3 Å². The molecular formula is C16H13N3O4. The van der Waals surface area contributed by atoms with E-state index < -0.39 is 11.9 Å². The Bertz CT molecular complexity index is 868. The number of nitrogens with one attached hydrogen (secondary N) is 1. The fourth-order valence-corrected chi connectivity index (χ4v) is 2.20. The Labute approximate surface area is 131 Å². The molecule has 0 radical (unpaired) electrons. The second-order valence-corrected chi connectivity index (χ2v) is 4.77. The van der Waals surface area contributed by atoms with Gasteiger partial charge in [0.05, 0.1) is 12.6 Å². The van der Waals surface area contributed by atoms with Crippen molar-refractivity contribution in [2.24, 2.45) is 0 Å². The Morgan fingerprint density at radius 3 is 2.74 bits per heavy atom. The molecule has 0 aliphatic carbocycles. The molecule has 116 valence electrons. The van der Waals surface area contributed by atoms with E-state index in [9.17, 15) is 9.59 Å². The standard InChI is InChI=1S/C16H13N3O4/c1-23-14-6-5-10(8-12(14)16(21)22)17-15(20)13-9-11-4-2-3-7-19(11)18-13/h2-9H,1H3,(H,17,20)(H,21,22). The fraction of sp³-hybridized carbons (Fsp3) is 0.0625. The Hall–Kier alpha value is -3.35. The lowest BCUT2D eigenvalue weighted by atomic mass is 10.1. The summed E-state index contributed by atoms with van der Waals surface area (Å²) in [4.78, 5) is 23.5. The summed E-state index contributed by atoms with van der Waals surface area (Å²) in [5.41, 5.74) is 1.35. The van der Waals surface area contributed by atoms with Crippen molar-refractivity contribution in [1.29, 1.82) is 0 Å². The first kappa shape index (κ1) is 14.6. The number of carbonyl (C=O) groups excluding carboxylic acids is 1. The average molecular weight is 311 g/mol. The maximum absolute atomic E-state index is 12.3. The van der Waals surface area contributed by atoms with Crippen LogP contribution >= 0.6 is 0 Å². The third kappa shape index (κ3) is 2.84. The van der Waals surface area contributed by atoms with Crippen molar-refractivity contribution >= 4 is 23.1 Å². The number of aromatic nitrogens is 2. The van der Waals surface area contributed by atoms with Gasteiger partial charge in [0.2, 0.25) is 0 Å². The number of hydrogen-bond acceptors (Lipinski definition) is 4. The molecule has 0 aliphatic heterocycles. The molecule has 0 aliphatic rings. The van der Waals surface area contributed by atoms with Gasteiger partial charge in [0.25, 0.3) is 5.91 Å². The summed E-state index contributed by atoms with van der Waals surface area (Å²) in [5, 5.41) is 16.0. The maximum atomic E-state index is 12.3. The van der Waals surface area contributed by atoms with E-state index in [1.165, 1.54) is 19.2 Å². The molecule has 0 saturated carbocycles. The third-order valence-corrected chi connectivity index (χ3v) is 3.29. The van der Waals surface area contributed by atoms with E-state index in [4.69, 9.17) is 9.84 Å². The van der Waals surface area contributed by atoms with Crippen molar-refractivity contribution in [2.75, 3.05) is 12.4 Å². The zero-order valence-corrected chi connectivity index (χ0v) is 12.2. The third-order valence-electron chi connectivity index (χ3n) is 3.29. The summed E-state index contributed by atoms with van der Waals surface area (Å²) in [7, 11) is 1.39. The molecule has 1 amide bonds. The highest BCUT2D eigenvalue weighted by Gasteiger charge is 2.15. The van der Waals surface area contributed by atoms with Crippen LogP contribution in [-0.2, 0) is 0 Å². The Morgan fingerprint density at radius 2 is 2.04 bits per heavy atom. The molecule has 2 heterocycles. The molecule has 3 aromatic rings. The number of carbonyl (C=O) groups is 2. The maximum Gasteiger partial charge on any atom is 0.339 e. The molecule has 0 saturated heterocycles. The number of pyridine rings is 1. The van der Waals surface area contributed by atoms with E-state index >= 15 is 0 Å². The minimum atomic E-state index is -1.13. The number of nitrogens with zero attached hydrogens (tertiary/aromatic N) is 2. The van der Waals surface area contributed by atoms with Gasteiger partial charge in [0, 0.05) is 11.9 Å². The second-order valence-electron chi connectivity index (χ2n) is 4.77. The number of ether oxygens (including phenoxy) is 1. The van der Waals surface area contributed by atoms with Gasteiger partial charge < -0.3 is 15.2 Å². The average Bonchev–Trinajstić information content (AvgIpc) is 2.99. The van der Waals surface area contributed by atoms with E-state index in [1.54, 1.807) is 22.8 Å². The van der Waals surface area contributed by atoms with E-state index in [0.717, 1.165) is 5.52 Å². The van der Waals surface area contributed by atoms with E-state index in [0.29, 0.717) is 5.69 Å². The molecule has 0 fully saturated rings. The van der Waals surface area contributed by atoms with Crippen molar-refractivity contribution in [2.45, 2.75) is 0 Å². The zero-order chi connectivity index (χ0) is 16.4. The van der Waals surface area contributed by atoms with Crippen LogP contribution < -0.4 is 10.1 Å². The largest absolute Gasteiger partial charge is 0.496 e. The topological polar surface area (TPSA) is 92.9 Å². The number of aromatic carboxylic acids is 1. The minimum absolute atomic E-state index is 0.0275. The van der Waals surface area contributed by atoms with E-state index in [-0.39, 0.29) is 17.0 Å². The number of methoxy groups -OCH3 is 1. The van der Waals surface area contributed by atoms with Crippen LogP contribution in [0.15, 0.2) is 48.7 Å². The summed E-state index contributed by atoms with van der Waals surface area (Å²) in [6, 6.07) is 11.5. The predicted octanol–water partition coefficient (Wildman–Crippen LogP) is 2.29. The Balaban J connectivity index is 1.87. The van der Waals surface area contributed by atoms with Gasteiger partial charge in [0.15, 0.2) is 5.69 Å². The van der Waals surface area contributed by atoms with Crippen molar-refractivity contribution in [3.63, 3.8) is 0 Å². The monoisotopic (exact) mass is 311 g/mol.